The van der Waals surface area contributed by atoms with Crippen molar-refractivity contribution >= 4 is 10.0 Å². The van der Waals surface area contributed by atoms with Crippen molar-refractivity contribution in [3.05, 3.63) is 24.8 Å². The Morgan fingerprint density at radius 1 is 1.18 bits per heavy atom. The van der Waals surface area contributed by atoms with Crippen molar-refractivity contribution in [3.8, 4) is 0 Å². The zero-order valence-corrected chi connectivity index (χ0v) is 11.9. The van der Waals surface area contributed by atoms with Crippen LogP contribution in [0.5, 0.6) is 0 Å². The maximum atomic E-state index is 11.7. The summed E-state index contributed by atoms with van der Waals surface area (Å²) in [4.78, 5) is 0. The summed E-state index contributed by atoms with van der Waals surface area (Å²) < 4.78 is 24.9. The molecule has 0 saturated carbocycles. The number of unbranched alkanes of at least 4 members (excludes halogenated alkanes) is 3. The highest BCUT2D eigenvalue weighted by atomic mass is 32.2. The SMILES string of the molecule is C=CCCCC=CCN(C)S(=O)(=O)CCCC. The maximum Gasteiger partial charge on any atom is 0.214 e. The van der Waals surface area contributed by atoms with Crippen molar-refractivity contribution in [1.29, 1.82) is 0 Å². The first-order chi connectivity index (χ1) is 8.04. The molecule has 0 bridgehead atoms. The molecule has 0 atom stereocenters. The summed E-state index contributed by atoms with van der Waals surface area (Å²) in [6.07, 6.45) is 10.6. The molecule has 0 aliphatic heterocycles. The van der Waals surface area contributed by atoms with E-state index in [0.29, 0.717) is 6.54 Å². The molecule has 0 spiro atoms. The Balaban J connectivity index is 3.91. The second kappa shape index (κ2) is 9.42. The van der Waals surface area contributed by atoms with Gasteiger partial charge in [0.05, 0.1) is 5.75 Å². The quantitative estimate of drug-likeness (QED) is 0.447. The van der Waals surface area contributed by atoms with Gasteiger partial charge >= 0.3 is 0 Å². The van der Waals surface area contributed by atoms with Crippen LogP contribution in [0.4, 0.5) is 0 Å². The van der Waals surface area contributed by atoms with E-state index in [2.05, 4.69) is 6.58 Å². The molecule has 0 aromatic heterocycles. The fourth-order valence-electron chi connectivity index (χ4n) is 1.32. The van der Waals surface area contributed by atoms with Crippen LogP contribution in [0.15, 0.2) is 24.8 Å². The standard InChI is InChI=1S/C13H25NO2S/c1-4-6-8-9-10-11-12-14(3)17(15,16)13-7-5-2/h4,10-11H,1,5-9,12-13H2,2-3H3. The predicted octanol–water partition coefficient (Wildman–Crippen LogP) is 2.96. The molecule has 4 heteroatoms. The molecule has 0 amide bonds. The molecular weight excluding hydrogens is 234 g/mol. The molecule has 0 rings (SSSR count). The van der Waals surface area contributed by atoms with Gasteiger partial charge in [0, 0.05) is 13.6 Å². The summed E-state index contributed by atoms with van der Waals surface area (Å²) >= 11 is 0. The van der Waals surface area contributed by atoms with Crippen LogP contribution < -0.4 is 0 Å². The van der Waals surface area contributed by atoms with E-state index in [9.17, 15) is 8.42 Å². The smallest absolute Gasteiger partial charge is 0.212 e. The van der Waals surface area contributed by atoms with Crippen molar-refractivity contribution in [2.45, 2.75) is 39.0 Å². The van der Waals surface area contributed by atoms with Crippen molar-refractivity contribution in [3.63, 3.8) is 0 Å². The topological polar surface area (TPSA) is 37.4 Å². The minimum absolute atomic E-state index is 0.254. The van der Waals surface area contributed by atoms with Gasteiger partial charge in [0.25, 0.3) is 0 Å². The zero-order chi connectivity index (χ0) is 13.1. The van der Waals surface area contributed by atoms with Gasteiger partial charge < -0.3 is 0 Å². The average molecular weight is 259 g/mol. The Bertz CT molecular complexity index is 320. The van der Waals surface area contributed by atoms with Crippen LogP contribution in [0.2, 0.25) is 0 Å². The number of nitrogens with zero attached hydrogens (tertiary/aromatic N) is 1. The molecule has 0 fully saturated rings. The van der Waals surface area contributed by atoms with E-state index >= 15 is 0 Å². The van der Waals surface area contributed by atoms with E-state index in [-0.39, 0.29) is 5.75 Å². The molecule has 0 heterocycles. The van der Waals surface area contributed by atoms with Crippen molar-refractivity contribution in [1.82, 2.24) is 4.31 Å². The molecule has 17 heavy (non-hydrogen) atoms. The first-order valence-electron chi connectivity index (χ1n) is 6.24. The van der Waals surface area contributed by atoms with Gasteiger partial charge in [-0.1, -0.05) is 31.6 Å². The second-order valence-electron chi connectivity index (χ2n) is 4.14. The summed E-state index contributed by atoms with van der Waals surface area (Å²) in [7, 11) is -1.42. The van der Waals surface area contributed by atoms with Gasteiger partial charge in [0.1, 0.15) is 0 Å². The number of sulfonamides is 1. The van der Waals surface area contributed by atoms with E-state index in [1.54, 1.807) is 7.05 Å². The van der Waals surface area contributed by atoms with Gasteiger partial charge in [0.2, 0.25) is 10.0 Å². The van der Waals surface area contributed by atoms with Gasteiger partial charge in [0.15, 0.2) is 0 Å². The molecule has 0 aromatic rings. The molecule has 0 aromatic carbocycles. The third-order valence-electron chi connectivity index (χ3n) is 2.54. The fourth-order valence-corrected chi connectivity index (χ4v) is 2.60. The van der Waals surface area contributed by atoms with Gasteiger partial charge in [-0.15, -0.1) is 6.58 Å². The lowest BCUT2D eigenvalue weighted by atomic mass is 10.2. The van der Waals surface area contributed by atoms with Crippen molar-refractivity contribution in [2.24, 2.45) is 0 Å². The van der Waals surface area contributed by atoms with Crippen molar-refractivity contribution < 1.29 is 8.42 Å². The van der Waals surface area contributed by atoms with E-state index in [0.717, 1.165) is 32.1 Å². The highest BCUT2D eigenvalue weighted by Crippen LogP contribution is 2.03. The highest BCUT2D eigenvalue weighted by Gasteiger charge is 2.14. The minimum Gasteiger partial charge on any atom is -0.212 e. The summed E-state index contributed by atoms with van der Waals surface area (Å²) in [6.45, 7) is 6.12. The molecule has 100 valence electrons. The summed E-state index contributed by atoms with van der Waals surface area (Å²) in [6, 6.07) is 0. The molecule has 0 radical (unpaired) electrons. The van der Waals surface area contributed by atoms with Crippen LogP contribution in [-0.2, 0) is 10.0 Å². The van der Waals surface area contributed by atoms with Crippen LogP contribution in [0.25, 0.3) is 0 Å². The molecule has 0 unspecified atom stereocenters. The van der Waals surface area contributed by atoms with E-state index in [1.165, 1.54) is 4.31 Å². The predicted molar refractivity (Wildman–Crippen MR) is 74.5 cm³/mol. The molecule has 0 aliphatic carbocycles. The van der Waals surface area contributed by atoms with Crippen LogP contribution in [-0.4, -0.2) is 32.1 Å². The maximum absolute atomic E-state index is 11.7. The summed E-state index contributed by atoms with van der Waals surface area (Å²) in [5.74, 6) is 0.254. The Hall–Kier alpha value is -0.610. The summed E-state index contributed by atoms with van der Waals surface area (Å²) in [5, 5.41) is 0. The van der Waals surface area contributed by atoms with Gasteiger partial charge in [-0.25, -0.2) is 12.7 Å². The number of likely N-dealkylation sites (N-methyl/N-ethyl adjacent to an activating group) is 1. The number of allylic oxidation sites excluding steroid dienone is 2. The Morgan fingerprint density at radius 2 is 1.88 bits per heavy atom. The molecular formula is C13H25NO2S. The summed E-state index contributed by atoms with van der Waals surface area (Å²) in [5.41, 5.74) is 0. The van der Waals surface area contributed by atoms with Crippen LogP contribution in [0, 0.1) is 0 Å². The number of hydrogen-bond acceptors (Lipinski definition) is 2. The van der Waals surface area contributed by atoms with Gasteiger partial charge in [-0.2, -0.15) is 0 Å². The molecule has 3 nitrogen and oxygen atoms in total. The average Bonchev–Trinajstić information content (AvgIpc) is 2.30. The van der Waals surface area contributed by atoms with Crippen LogP contribution in [0.3, 0.4) is 0 Å². The van der Waals surface area contributed by atoms with Crippen molar-refractivity contribution in [2.75, 3.05) is 19.3 Å². The Kier molecular flexibility index (Phi) is 9.09. The third-order valence-corrected chi connectivity index (χ3v) is 4.44. The highest BCUT2D eigenvalue weighted by molar-refractivity contribution is 7.89. The zero-order valence-electron chi connectivity index (χ0n) is 11.1. The normalized spacial score (nSPS) is 12.4. The lowest BCUT2D eigenvalue weighted by Gasteiger charge is -2.14. The first-order valence-corrected chi connectivity index (χ1v) is 7.85. The van der Waals surface area contributed by atoms with Crippen LogP contribution >= 0.6 is 0 Å². The molecule has 0 N–H and O–H groups in total. The number of hydrogen-bond donors (Lipinski definition) is 0. The van der Waals surface area contributed by atoms with Gasteiger partial charge in [-0.05, 0) is 25.7 Å². The fraction of sp³-hybridized carbons (Fsp3) is 0.692. The van der Waals surface area contributed by atoms with E-state index < -0.39 is 10.0 Å². The first kappa shape index (κ1) is 16.4. The van der Waals surface area contributed by atoms with Gasteiger partial charge in [-0.3, -0.25) is 0 Å². The van der Waals surface area contributed by atoms with E-state index in [1.807, 2.05) is 25.2 Å². The third kappa shape index (κ3) is 8.16. The lowest BCUT2D eigenvalue weighted by Crippen LogP contribution is -2.29. The second-order valence-corrected chi connectivity index (χ2v) is 6.34. The molecule has 0 saturated heterocycles. The van der Waals surface area contributed by atoms with E-state index in [4.69, 9.17) is 0 Å². The lowest BCUT2D eigenvalue weighted by molar-refractivity contribution is 0.496. The largest absolute Gasteiger partial charge is 0.214 e. The minimum atomic E-state index is -3.05. The van der Waals surface area contributed by atoms with Crippen LogP contribution in [0.1, 0.15) is 39.0 Å². The Labute approximate surface area is 106 Å². The molecule has 0 aliphatic rings. The Morgan fingerprint density at radius 3 is 2.47 bits per heavy atom. The number of rotatable bonds is 10. The monoisotopic (exact) mass is 259 g/mol.